The number of aromatic nitrogens is 1. The van der Waals surface area contributed by atoms with E-state index < -0.39 is 16.0 Å². The summed E-state index contributed by atoms with van der Waals surface area (Å²) in [5.74, 6) is -0.983. The molecule has 0 aliphatic rings. The molecule has 0 bridgehead atoms. The molecule has 0 radical (unpaired) electrons. The van der Waals surface area contributed by atoms with Gasteiger partial charge in [0.15, 0.2) is 0 Å². The van der Waals surface area contributed by atoms with Crippen molar-refractivity contribution in [1.82, 2.24) is 4.98 Å². The Morgan fingerprint density at radius 1 is 1.15 bits per heavy atom. The van der Waals surface area contributed by atoms with E-state index in [1.54, 1.807) is 0 Å². The second-order valence-electron chi connectivity index (χ2n) is 4.54. The van der Waals surface area contributed by atoms with E-state index in [0.29, 0.717) is 0 Å². The van der Waals surface area contributed by atoms with Gasteiger partial charge in [0.1, 0.15) is 5.82 Å². The van der Waals surface area contributed by atoms with E-state index in [4.69, 9.17) is 0 Å². The van der Waals surface area contributed by atoms with Crippen LogP contribution in [0, 0.1) is 5.95 Å². The predicted octanol–water partition coefficient (Wildman–Crippen LogP) is 2.77. The Morgan fingerprint density at radius 3 is 2.50 bits per heavy atom. The quantitative estimate of drug-likeness (QED) is 0.863. The maximum atomic E-state index is 12.9. The first-order valence-electron chi connectivity index (χ1n) is 6.14. The van der Waals surface area contributed by atoms with Gasteiger partial charge in [-0.2, -0.15) is 4.39 Å². The van der Waals surface area contributed by atoms with E-state index in [0.717, 1.165) is 11.6 Å². The molecule has 1 aromatic heterocycles. The van der Waals surface area contributed by atoms with Gasteiger partial charge in [0.05, 0.1) is 5.75 Å². The van der Waals surface area contributed by atoms with E-state index in [-0.39, 0.29) is 17.5 Å². The summed E-state index contributed by atoms with van der Waals surface area (Å²) >= 11 is 0. The largest absolute Gasteiger partial charge is 0.267 e. The molecule has 2 rings (SSSR count). The smallest absolute Gasteiger partial charge is 0.234 e. The minimum Gasteiger partial charge on any atom is -0.267 e. The summed E-state index contributed by atoms with van der Waals surface area (Å²) in [5.41, 5.74) is 0.935. The first kappa shape index (κ1) is 14.5. The number of hydrogen-bond acceptors (Lipinski definition) is 3. The number of sulfonamides is 1. The molecule has 106 valence electrons. The van der Waals surface area contributed by atoms with Crippen LogP contribution in [0.1, 0.15) is 18.4 Å². The summed E-state index contributed by atoms with van der Waals surface area (Å²) in [6.07, 6.45) is 0. The molecule has 2 aromatic rings. The van der Waals surface area contributed by atoms with Crippen LogP contribution in [0.2, 0.25) is 0 Å². The predicted molar refractivity (Wildman–Crippen MR) is 76.5 cm³/mol. The number of pyridine rings is 1. The van der Waals surface area contributed by atoms with Crippen LogP contribution < -0.4 is 4.72 Å². The van der Waals surface area contributed by atoms with Crippen LogP contribution in [-0.4, -0.2) is 19.2 Å². The van der Waals surface area contributed by atoms with Crippen molar-refractivity contribution in [3.63, 3.8) is 0 Å². The summed E-state index contributed by atoms with van der Waals surface area (Å²) in [4.78, 5) is 3.48. The van der Waals surface area contributed by atoms with Crippen molar-refractivity contribution >= 4 is 15.8 Å². The van der Waals surface area contributed by atoms with Crippen LogP contribution in [0.25, 0.3) is 0 Å². The van der Waals surface area contributed by atoms with Crippen LogP contribution in [0.4, 0.5) is 10.2 Å². The molecule has 1 heterocycles. The van der Waals surface area contributed by atoms with E-state index in [9.17, 15) is 12.8 Å². The molecule has 6 heteroatoms. The van der Waals surface area contributed by atoms with Gasteiger partial charge in [-0.25, -0.2) is 13.4 Å². The van der Waals surface area contributed by atoms with Crippen molar-refractivity contribution in [1.29, 1.82) is 0 Å². The van der Waals surface area contributed by atoms with Crippen LogP contribution in [0.3, 0.4) is 0 Å². The molecule has 0 spiro atoms. The van der Waals surface area contributed by atoms with Crippen molar-refractivity contribution in [3.05, 3.63) is 60.0 Å². The molecule has 0 saturated carbocycles. The SMILES string of the molecule is CC(CS(=O)(=O)Nc1cccc(F)n1)c1ccccc1. The Bertz CT molecular complexity index is 675. The maximum absolute atomic E-state index is 12.9. The van der Waals surface area contributed by atoms with Crippen molar-refractivity contribution in [2.45, 2.75) is 12.8 Å². The van der Waals surface area contributed by atoms with Crippen LogP contribution in [-0.2, 0) is 10.0 Å². The maximum Gasteiger partial charge on any atom is 0.234 e. The van der Waals surface area contributed by atoms with Gasteiger partial charge in [-0.15, -0.1) is 0 Å². The standard InChI is InChI=1S/C14H15FN2O2S/c1-11(12-6-3-2-4-7-12)10-20(18,19)17-14-9-5-8-13(15)16-14/h2-9,11H,10H2,1H3,(H,16,17). The Hall–Kier alpha value is -1.95. The molecule has 20 heavy (non-hydrogen) atoms. The van der Waals surface area contributed by atoms with E-state index in [1.807, 2.05) is 37.3 Å². The molecule has 0 amide bonds. The van der Waals surface area contributed by atoms with Gasteiger partial charge in [-0.1, -0.05) is 43.3 Å². The molecule has 0 saturated heterocycles. The van der Waals surface area contributed by atoms with Gasteiger partial charge in [0, 0.05) is 0 Å². The zero-order valence-electron chi connectivity index (χ0n) is 11.0. The molecule has 1 atom stereocenters. The Labute approximate surface area is 117 Å². The fourth-order valence-corrected chi connectivity index (χ4v) is 3.24. The monoisotopic (exact) mass is 294 g/mol. The summed E-state index contributed by atoms with van der Waals surface area (Å²) < 4.78 is 39.2. The summed E-state index contributed by atoms with van der Waals surface area (Å²) in [5, 5.41) is 0. The van der Waals surface area contributed by atoms with E-state index in [2.05, 4.69) is 9.71 Å². The third-order valence-corrected chi connectivity index (χ3v) is 4.27. The Balaban J connectivity index is 2.08. The molecule has 1 unspecified atom stereocenters. The van der Waals surface area contributed by atoms with E-state index in [1.165, 1.54) is 12.1 Å². The topological polar surface area (TPSA) is 59.1 Å². The molecule has 0 aliphatic heterocycles. The zero-order valence-corrected chi connectivity index (χ0v) is 11.8. The number of anilines is 1. The van der Waals surface area contributed by atoms with Gasteiger partial charge < -0.3 is 0 Å². The van der Waals surface area contributed by atoms with Crippen molar-refractivity contribution in [2.24, 2.45) is 0 Å². The third kappa shape index (κ3) is 4.03. The average molecular weight is 294 g/mol. The van der Waals surface area contributed by atoms with Gasteiger partial charge in [-0.3, -0.25) is 4.72 Å². The molecule has 4 nitrogen and oxygen atoms in total. The Morgan fingerprint density at radius 2 is 1.85 bits per heavy atom. The van der Waals surface area contributed by atoms with Gasteiger partial charge in [-0.05, 0) is 23.6 Å². The zero-order chi connectivity index (χ0) is 14.6. The molecule has 0 fully saturated rings. The number of nitrogens with one attached hydrogen (secondary N) is 1. The number of halogens is 1. The van der Waals surface area contributed by atoms with Gasteiger partial charge >= 0.3 is 0 Å². The minimum absolute atomic E-state index is 0.00902. The number of nitrogens with zero attached hydrogens (tertiary/aromatic N) is 1. The summed E-state index contributed by atoms with van der Waals surface area (Å²) in [6, 6.07) is 13.3. The molecule has 0 aliphatic carbocycles. The van der Waals surface area contributed by atoms with Crippen molar-refractivity contribution < 1.29 is 12.8 Å². The number of rotatable bonds is 5. The van der Waals surface area contributed by atoms with Crippen LogP contribution >= 0.6 is 0 Å². The minimum atomic E-state index is -3.58. The Kier molecular flexibility index (Phi) is 4.34. The highest BCUT2D eigenvalue weighted by atomic mass is 32.2. The number of benzene rings is 1. The lowest BCUT2D eigenvalue weighted by atomic mass is 10.0. The summed E-state index contributed by atoms with van der Waals surface area (Å²) in [6.45, 7) is 1.83. The molecule has 1 N–H and O–H groups in total. The van der Waals surface area contributed by atoms with E-state index >= 15 is 0 Å². The summed E-state index contributed by atoms with van der Waals surface area (Å²) in [7, 11) is -3.58. The number of hydrogen-bond donors (Lipinski definition) is 1. The van der Waals surface area contributed by atoms with Gasteiger partial charge in [0.25, 0.3) is 0 Å². The normalized spacial score (nSPS) is 12.9. The third-order valence-electron chi connectivity index (χ3n) is 2.81. The lowest BCUT2D eigenvalue weighted by Gasteiger charge is -2.13. The first-order chi connectivity index (χ1) is 9.46. The molecule has 1 aromatic carbocycles. The highest BCUT2D eigenvalue weighted by Crippen LogP contribution is 2.18. The van der Waals surface area contributed by atoms with Crippen molar-refractivity contribution in [2.75, 3.05) is 10.5 Å². The fraction of sp³-hybridized carbons (Fsp3) is 0.214. The van der Waals surface area contributed by atoms with Gasteiger partial charge in [0.2, 0.25) is 16.0 Å². The second kappa shape index (κ2) is 6.00. The highest BCUT2D eigenvalue weighted by Gasteiger charge is 2.17. The molecular weight excluding hydrogens is 279 g/mol. The lowest BCUT2D eigenvalue weighted by Crippen LogP contribution is -2.21. The van der Waals surface area contributed by atoms with Crippen LogP contribution in [0.15, 0.2) is 48.5 Å². The highest BCUT2D eigenvalue weighted by molar-refractivity contribution is 7.92. The fourth-order valence-electron chi connectivity index (χ4n) is 1.87. The van der Waals surface area contributed by atoms with Crippen molar-refractivity contribution in [3.8, 4) is 0 Å². The average Bonchev–Trinajstić information content (AvgIpc) is 2.38. The lowest BCUT2D eigenvalue weighted by molar-refractivity contribution is 0.584. The second-order valence-corrected chi connectivity index (χ2v) is 6.31. The molecular formula is C14H15FN2O2S. The van der Waals surface area contributed by atoms with Crippen LogP contribution in [0.5, 0.6) is 0 Å². The first-order valence-corrected chi connectivity index (χ1v) is 7.79.